The Labute approximate surface area is 130 Å². The average molecular weight is 312 g/mol. The third-order valence-electron chi connectivity index (χ3n) is 3.28. The van der Waals surface area contributed by atoms with Crippen LogP contribution in [0.3, 0.4) is 0 Å². The Morgan fingerprint density at radius 1 is 1.00 bits per heavy atom. The van der Waals surface area contributed by atoms with Gasteiger partial charge < -0.3 is 19.4 Å². The molecule has 0 unspecified atom stereocenters. The van der Waals surface area contributed by atoms with Crippen molar-refractivity contribution in [3.63, 3.8) is 0 Å². The number of phenolic OH excluding ortho intramolecular Hbond substituents is 2. The summed E-state index contributed by atoms with van der Waals surface area (Å²) in [6.45, 7) is -0.118. The normalized spacial score (nSPS) is 10.6. The van der Waals surface area contributed by atoms with Crippen molar-refractivity contribution in [1.29, 1.82) is 0 Å². The molecule has 0 atom stereocenters. The van der Waals surface area contributed by atoms with E-state index in [1.54, 1.807) is 6.07 Å². The second-order valence-electron chi connectivity index (χ2n) is 4.89. The number of benzene rings is 2. The van der Waals surface area contributed by atoms with Crippen LogP contribution in [0.15, 0.2) is 57.7 Å². The summed E-state index contributed by atoms with van der Waals surface area (Å²) in [6.07, 6.45) is 0. The van der Waals surface area contributed by atoms with Gasteiger partial charge in [-0.15, -0.1) is 0 Å². The number of rotatable bonds is 3. The van der Waals surface area contributed by atoms with E-state index in [2.05, 4.69) is 0 Å². The number of hydrogen-bond acceptors (Lipinski definition) is 6. The van der Waals surface area contributed by atoms with Crippen LogP contribution >= 0.6 is 0 Å². The summed E-state index contributed by atoms with van der Waals surface area (Å²) in [5.41, 5.74) is 0.378. The fourth-order valence-electron chi connectivity index (χ4n) is 2.16. The standard InChI is InChI=1S/C17H12O6/c18-12-3-1-10(2-4-12)17(21)22-9-11-7-16(20)23-15-8-13(19)5-6-14(11)15/h1-8,18-19H,9H2. The van der Waals surface area contributed by atoms with Crippen LogP contribution in [0.25, 0.3) is 11.0 Å². The highest BCUT2D eigenvalue weighted by atomic mass is 16.5. The van der Waals surface area contributed by atoms with Gasteiger partial charge in [0.05, 0.1) is 5.56 Å². The second-order valence-corrected chi connectivity index (χ2v) is 4.89. The summed E-state index contributed by atoms with van der Waals surface area (Å²) in [4.78, 5) is 23.5. The van der Waals surface area contributed by atoms with Crippen molar-refractivity contribution >= 4 is 16.9 Å². The van der Waals surface area contributed by atoms with Gasteiger partial charge in [-0.3, -0.25) is 0 Å². The van der Waals surface area contributed by atoms with E-state index in [0.29, 0.717) is 10.9 Å². The zero-order valence-electron chi connectivity index (χ0n) is 11.9. The minimum Gasteiger partial charge on any atom is -0.508 e. The molecule has 1 aromatic heterocycles. The molecule has 0 saturated heterocycles. The Morgan fingerprint density at radius 3 is 2.43 bits per heavy atom. The minimum absolute atomic E-state index is 0.0288. The highest BCUT2D eigenvalue weighted by Crippen LogP contribution is 2.22. The zero-order chi connectivity index (χ0) is 16.4. The fraction of sp³-hybridized carbons (Fsp3) is 0.0588. The number of esters is 1. The van der Waals surface area contributed by atoms with Gasteiger partial charge in [-0.05, 0) is 36.4 Å². The van der Waals surface area contributed by atoms with Gasteiger partial charge in [-0.25, -0.2) is 9.59 Å². The summed E-state index contributed by atoms with van der Waals surface area (Å²) in [7, 11) is 0. The molecule has 0 spiro atoms. The molecule has 0 saturated carbocycles. The molecule has 6 heteroatoms. The first-order chi connectivity index (χ1) is 11.0. The summed E-state index contributed by atoms with van der Waals surface area (Å²) < 4.78 is 10.2. The lowest BCUT2D eigenvalue weighted by Crippen LogP contribution is -2.07. The van der Waals surface area contributed by atoms with Crippen LogP contribution in [0.2, 0.25) is 0 Å². The van der Waals surface area contributed by atoms with Crippen LogP contribution in [0.1, 0.15) is 15.9 Å². The van der Waals surface area contributed by atoms with Gasteiger partial charge in [0, 0.05) is 23.1 Å². The molecule has 0 amide bonds. The van der Waals surface area contributed by atoms with Crippen molar-refractivity contribution in [2.45, 2.75) is 6.61 Å². The molecule has 6 nitrogen and oxygen atoms in total. The molecule has 0 radical (unpaired) electrons. The van der Waals surface area contributed by atoms with E-state index in [1.807, 2.05) is 0 Å². The van der Waals surface area contributed by atoms with Gasteiger partial charge in [0.25, 0.3) is 0 Å². The zero-order valence-corrected chi connectivity index (χ0v) is 11.9. The molecule has 0 bridgehead atoms. The minimum atomic E-state index is -0.598. The lowest BCUT2D eigenvalue weighted by atomic mass is 10.1. The number of ether oxygens (including phenoxy) is 1. The number of carbonyl (C=O) groups is 1. The first-order valence-electron chi connectivity index (χ1n) is 6.75. The SMILES string of the molecule is O=C(OCc1cc(=O)oc2cc(O)ccc12)c1ccc(O)cc1. The lowest BCUT2D eigenvalue weighted by Gasteiger charge is -2.07. The Morgan fingerprint density at radius 2 is 1.70 bits per heavy atom. The summed E-state index contributed by atoms with van der Waals surface area (Å²) >= 11 is 0. The lowest BCUT2D eigenvalue weighted by molar-refractivity contribution is 0.0474. The van der Waals surface area contributed by atoms with Crippen LogP contribution in [0, 0.1) is 0 Å². The van der Waals surface area contributed by atoms with E-state index in [0.717, 1.165) is 0 Å². The monoisotopic (exact) mass is 312 g/mol. The molecule has 2 aromatic carbocycles. The van der Waals surface area contributed by atoms with Crippen LogP contribution in [0.5, 0.6) is 11.5 Å². The average Bonchev–Trinajstić information content (AvgIpc) is 2.52. The Balaban J connectivity index is 1.85. The second kappa shape index (κ2) is 5.84. The number of fused-ring (bicyclic) bond motifs is 1. The highest BCUT2D eigenvalue weighted by molar-refractivity contribution is 5.89. The maximum absolute atomic E-state index is 12.0. The van der Waals surface area contributed by atoms with Gasteiger partial charge in [-0.2, -0.15) is 0 Å². The number of hydrogen-bond donors (Lipinski definition) is 2. The molecular weight excluding hydrogens is 300 g/mol. The molecule has 23 heavy (non-hydrogen) atoms. The quantitative estimate of drug-likeness (QED) is 0.570. The molecule has 0 aliphatic carbocycles. The third kappa shape index (κ3) is 3.16. The first kappa shape index (κ1) is 14.6. The molecule has 0 aliphatic rings. The highest BCUT2D eigenvalue weighted by Gasteiger charge is 2.11. The van der Waals surface area contributed by atoms with Gasteiger partial charge in [0.1, 0.15) is 23.7 Å². The van der Waals surface area contributed by atoms with E-state index >= 15 is 0 Å². The first-order valence-corrected chi connectivity index (χ1v) is 6.75. The smallest absolute Gasteiger partial charge is 0.338 e. The van der Waals surface area contributed by atoms with Crippen LogP contribution < -0.4 is 5.63 Å². The maximum Gasteiger partial charge on any atom is 0.338 e. The summed E-state index contributed by atoms with van der Waals surface area (Å²) in [5, 5.41) is 19.2. The third-order valence-corrected chi connectivity index (χ3v) is 3.28. The van der Waals surface area contributed by atoms with E-state index in [-0.39, 0.29) is 29.3 Å². The predicted molar refractivity (Wildman–Crippen MR) is 81.4 cm³/mol. The van der Waals surface area contributed by atoms with Crippen molar-refractivity contribution in [3.8, 4) is 11.5 Å². The molecule has 1 heterocycles. The predicted octanol–water partition coefficient (Wildman–Crippen LogP) is 2.56. The van der Waals surface area contributed by atoms with Gasteiger partial charge >= 0.3 is 11.6 Å². The molecule has 0 fully saturated rings. The number of phenols is 2. The summed E-state index contributed by atoms with van der Waals surface area (Å²) in [6, 6.07) is 11.2. The van der Waals surface area contributed by atoms with Crippen molar-refractivity contribution in [2.24, 2.45) is 0 Å². The van der Waals surface area contributed by atoms with Gasteiger partial charge in [-0.1, -0.05) is 0 Å². The van der Waals surface area contributed by atoms with E-state index in [4.69, 9.17) is 9.15 Å². The van der Waals surface area contributed by atoms with Crippen molar-refractivity contribution < 1.29 is 24.2 Å². The molecule has 3 rings (SSSR count). The van der Waals surface area contributed by atoms with Gasteiger partial charge in [0.15, 0.2) is 0 Å². The summed E-state index contributed by atoms with van der Waals surface area (Å²) in [5.74, 6) is -0.558. The number of aromatic hydroxyl groups is 2. The fourth-order valence-corrected chi connectivity index (χ4v) is 2.16. The molecule has 116 valence electrons. The Hall–Kier alpha value is -3.28. The Bertz CT molecular complexity index is 924. The molecular formula is C17H12O6. The molecule has 3 aromatic rings. The Kier molecular flexibility index (Phi) is 3.72. The topological polar surface area (TPSA) is 97.0 Å². The van der Waals surface area contributed by atoms with E-state index in [9.17, 15) is 19.8 Å². The van der Waals surface area contributed by atoms with Crippen LogP contribution in [-0.4, -0.2) is 16.2 Å². The van der Waals surface area contributed by atoms with E-state index < -0.39 is 11.6 Å². The van der Waals surface area contributed by atoms with Crippen LogP contribution in [0.4, 0.5) is 0 Å². The van der Waals surface area contributed by atoms with Crippen molar-refractivity contribution in [1.82, 2.24) is 0 Å². The van der Waals surface area contributed by atoms with E-state index in [1.165, 1.54) is 42.5 Å². The van der Waals surface area contributed by atoms with Crippen LogP contribution in [-0.2, 0) is 11.3 Å². The molecule has 2 N–H and O–H groups in total. The number of carbonyl (C=O) groups excluding carboxylic acids is 1. The van der Waals surface area contributed by atoms with Crippen molar-refractivity contribution in [2.75, 3.05) is 0 Å². The van der Waals surface area contributed by atoms with Crippen molar-refractivity contribution in [3.05, 3.63) is 70.1 Å². The van der Waals surface area contributed by atoms with Gasteiger partial charge in [0.2, 0.25) is 0 Å². The maximum atomic E-state index is 12.0. The largest absolute Gasteiger partial charge is 0.508 e. The molecule has 0 aliphatic heterocycles.